The van der Waals surface area contributed by atoms with E-state index in [0.717, 1.165) is 11.1 Å². The first-order valence-corrected chi connectivity index (χ1v) is 8.93. The minimum Gasteiger partial charge on any atom is -0.384 e. The Balaban J connectivity index is 0.00000320. The Morgan fingerprint density at radius 2 is 1.80 bits per heavy atom. The van der Waals surface area contributed by atoms with Gasteiger partial charge in [0.05, 0.1) is 0 Å². The van der Waals surface area contributed by atoms with Crippen molar-refractivity contribution < 1.29 is 13.9 Å². The Morgan fingerprint density at radius 3 is 2.37 bits per heavy atom. The number of amidine groups is 1. The number of carbonyl (C=O) groups excluding carboxylic acids is 1. The number of halogens is 2. The molecule has 30 heavy (non-hydrogen) atoms. The molecular formula is C22H22ClFN4O2. The summed E-state index contributed by atoms with van der Waals surface area (Å²) >= 11 is 0. The number of methoxy groups -OCH3 is 1. The van der Waals surface area contributed by atoms with Gasteiger partial charge in [0.15, 0.2) is 6.10 Å². The standard InChI is InChI=1S/C22H21FN4O2.ClH/c1-29-20(22(28)27-13-14-2-4-16(5-3-14)21(24)25)18-7-6-17(12-19(18)23)15-8-10-26-11-9-15;/h2-12,20H,13H2,1H3,(H3,24,25)(H,27,28);1H. The zero-order chi connectivity index (χ0) is 20.8. The molecule has 156 valence electrons. The van der Waals surface area contributed by atoms with E-state index in [-0.39, 0.29) is 30.4 Å². The van der Waals surface area contributed by atoms with E-state index in [1.165, 1.54) is 13.2 Å². The van der Waals surface area contributed by atoms with Crippen LogP contribution in [0.1, 0.15) is 22.8 Å². The van der Waals surface area contributed by atoms with Gasteiger partial charge in [-0.3, -0.25) is 15.2 Å². The molecule has 3 rings (SSSR count). The van der Waals surface area contributed by atoms with E-state index >= 15 is 0 Å². The van der Waals surface area contributed by atoms with Crippen molar-refractivity contribution >= 4 is 24.1 Å². The third-order valence-electron chi connectivity index (χ3n) is 4.50. The highest BCUT2D eigenvalue weighted by Crippen LogP contribution is 2.26. The number of amides is 1. The summed E-state index contributed by atoms with van der Waals surface area (Å²) in [5, 5.41) is 10.1. The molecule has 0 saturated carbocycles. The molecular weight excluding hydrogens is 407 g/mol. The molecule has 6 nitrogen and oxygen atoms in total. The summed E-state index contributed by atoms with van der Waals surface area (Å²) in [6.45, 7) is 0.244. The van der Waals surface area contributed by atoms with Crippen molar-refractivity contribution in [2.24, 2.45) is 5.73 Å². The van der Waals surface area contributed by atoms with Crippen LogP contribution in [0.2, 0.25) is 0 Å². The predicted molar refractivity (Wildman–Crippen MR) is 116 cm³/mol. The lowest BCUT2D eigenvalue weighted by molar-refractivity contribution is -0.131. The molecule has 1 amide bonds. The van der Waals surface area contributed by atoms with Gasteiger partial charge in [-0.05, 0) is 34.9 Å². The van der Waals surface area contributed by atoms with E-state index in [0.29, 0.717) is 11.1 Å². The molecule has 0 saturated heterocycles. The first-order chi connectivity index (χ1) is 14.0. The molecule has 3 aromatic rings. The van der Waals surface area contributed by atoms with Gasteiger partial charge in [0, 0.05) is 37.2 Å². The summed E-state index contributed by atoms with van der Waals surface area (Å²) in [7, 11) is 1.36. The number of nitrogens with one attached hydrogen (secondary N) is 2. The fourth-order valence-corrected chi connectivity index (χ4v) is 2.92. The molecule has 1 heterocycles. The molecule has 0 aliphatic rings. The molecule has 0 aliphatic carbocycles. The van der Waals surface area contributed by atoms with Gasteiger partial charge in [0.2, 0.25) is 0 Å². The van der Waals surface area contributed by atoms with E-state index < -0.39 is 17.8 Å². The fraction of sp³-hybridized carbons (Fsp3) is 0.136. The van der Waals surface area contributed by atoms with Gasteiger partial charge >= 0.3 is 0 Å². The van der Waals surface area contributed by atoms with Crippen LogP contribution in [-0.4, -0.2) is 23.8 Å². The van der Waals surface area contributed by atoms with Gasteiger partial charge in [0.1, 0.15) is 11.7 Å². The second kappa shape index (κ2) is 10.5. The van der Waals surface area contributed by atoms with Gasteiger partial charge < -0.3 is 15.8 Å². The van der Waals surface area contributed by atoms with Crippen LogP contribution < -0.4 is 11.1 Å². The number of hydrogen-bond acceptors (Lipinski definition) is 4. The summed E-state index contributed by atoms with van der Waals surface area (Å²) < 4.78 is 20.0. The lowest BCUT2D eigenvalue weighted by Crippen LogP contribution is -2.30. The van der Waals surface area contributed by atoms with Crippen LogP contribution in [-0.2, 0) is 16.1 Å². The maximum Gasteiger partial charge on any atom is 0.254 e. The van der Waals surface area contributed by atoms with E-state index in [4.69, 9.17) is 15.9 Å². The topological polar surface area (TPSA) is 101 Å². The zero-order valence-corrected chi connectivity index (χ0v) is 17.1. The summed E-state index contributed by atoms with van der Waals surface area (Å²) in [6, 6.07) is 15.2. The van der Waals surface area contributed by atoms with Crippen LogP contribution in [0, 0.1) is 11.2 Å². The lowest BCUT2D eigenvalue weighted by Gasteiger charge is -2.17. The van der Waals surface area contributed by atoms with Crippen molar-refractivity contribution in [1.82, 2.24) is 10.3 Å². The SMILES string of the molecule is COC(C(=O)NCc1ccc(C(=N)N)cc1)c1ccc(-c2ccncc2)cc1F.Cl. The first kappa shape index (κ1) is 23.0. The summed E-state index contributed by atoms with van der Waals surface area (Å²) in [5.74, 6) is -0.989. The Kier molecular flexibility index (Phi) is 8.03. The highest BCUT2D eigenvalue weighted by atomic mass is 35.5. The maximum absolute atomic E-state index is 14.7. The Morgan fingerprint density at radius 1 is 1.13 bits per heavy atom. The number of aromatic nitrogens is 1. The molecule has 4 N–H and O–H groups in total. The van der Waals surface area contributed by atoms with Crippen LogP contribution in [0.25, 0.3) is 11.1 Å². The van der Waals surface area contributed by atoms with E-state index in [1.54, 1.807) is 60.9 Å². The second-order valence-corrected chi connectivity index (χ2v) is 6.42. The molecule has 1 atom stereocenters. The minimum atomic E-state index is -1.07. The van der Waals surface area contributed by atoms with Gasteiger partial charge in [-0.25, -0.2) is 4.39 Å². The quantitative estimate of drug-likeness (QED) is 0.395. The molecule has 0 fully saturated rings. The average Bonchev–Trinajstić information content (AvgIpc) is 2.74. The van der Waals surface area contributed by atoms with E-state index in [1.807, 2.05) is 0 Å². The van der Waals surface area contributed by atoms with Crippen molar-refractivity contribution in [3.8, 4) is 11.1 Å². The van der Waals surface area contributed by atoms with E-state index in [9.17, 15) is 9.18 Å². The smallest absolute Gasteiger partial charge is 0.254 e. The van der Waals surface area contributed by atoms with Gasteiger partial charge in [-0.15, -0.1) is 12.4 Å². The Bertz CT molecular complexity index is 1010. The third-order valence-corrected chi connectivity index (χ3v) is 4.50. The lowest BCUT2D eigenvalue weighted by atomic mass is 10.0. The molecule has 1 unspecified atom stereocenters. The minimum absolute atomic E-state index is 0. The number of rotatable bonds is 7. The average molecular weight is 429 g/mol. The number of nitrogens with zero attached hydrogens (tertiary/aromatic N) is 1. The molecule has 8 heteroatoms. The largest absolute Gasteiger partial charge is 0.384 e. The van der Waals surface area contributed by atoms with Crippen LogP contribution in [0.3, 0.4) is 0 Å². The fourth-order valence-electron chi connectivity index (χ4n) is 2.92. The number of benzene rings is 2. The number of ether oxygens (including phenoxy) is 1. The second-order valence-electron chi connectivity index (χ2n) is 6.42. The monoisotopic (exact) mass is 428 g/mol. The number of nitrogen functional groups attached to an aromatic ring is 1. The highest BCUT2D eigenvalue weighted by Gasteiger charge is 2.23. The zero-order valence-electron chi connectivity index (χ0n) is 16.3. The molecule has 0 aliphatic heterocycles. The normalized spacial score (nSPS) is 11.3. The van der Waals surface area contributed by atoms with Crippen molar-refractivity contribution in [3.05, 3.63) is 89.5 Å². The van der Waals surface area contributed by atoms with Crippen molar-refractivity contribution in [2.75, 3.05) is 7.11 Å². The van der Waals surface area contributed by atoms with Crippen LogP contribution in [0.5, 0.6) is 0 Å². The number of pyridine rings is 1. The van der Waals surface area contributed by atoms with Gasteiger partial charge in [-0.1, -0.05) is 36.4 Å². The molecule has 0 radical (unpaired) electrons. The highest BCUT2D eigenvalue weighted by molar-refractivity contribution is 5.94. The predicted octanol–water partition coefficient (Wildman–Crippen LogP) is 3.60. The summed E-state index contributed by atoms with van der Waals surface area (Å²) in [4.78, 5) is 16.5. The number of nitrogens with two attached hydrogens (primary N) is 1. The van der Waals surface area contributed by atoms with Crippen LogP contribution in [0.15, 0.2) is 67.0 Å². The van der Waals surface area contributed by atoms with Crippen LogP contribution in [0.4, 0.5) is 4.39 Å². The summed E-state index contributed by atoms with van der Waals surface area (Å²) in [6.07, 6.45) is 2.20. The summed E-state index contributed by atoms with van der Waals surface area (Å²) in [5.41, 5.74) is 8.54. The molecule has 0 spiro atoms. The third kappa shape index (κ3) is 5.40. The van der Waals surface area contributed by atoms with Crippen molar-refractivity contribution in [1.29, 1.82) is 5.41 Å². The van der Waals surface area contributed by atoms with Gasteiger partial charge in [-0.2, -0.15) is 0 Å². The number of carbonyl (C=O) groups is 1. The molecule has 0 bridgehead atoms. The Labute approximate surface area is 180 Å². The van der Waals surface area contributed by atoms with Gasteiger partial charge in [0.25, 0.3) is 5.91 Å². The van der Waals surface area contributed by atoms with Crippen molar-refractivity contribution in [2.45, 2.75) is 12.6 Å². The van der Waals surface area contributed by atoms with Crippen LogP contribution >= 0.6 is 12.4 Å². The van der Waals surface area contributed by atoms with E-state index in [2.05, 4.69) is 10.3 Å². The molecule has 1 aromatic heterocycles. The first-order valence-electron chi connectivity index (χ1n) is 8.93. The maximum atomic E-state index is 14.7. The Hall–Kier alpha value is -3.29. The van der Waals surface area contributed by atoms with Crippen molar-refractivity contribution in [3.63, 3.8) is 0 Å². The number of hydrogen-bond donors (Lipinski definition) is 3. The molecule has 2 aromatic carbocycles.